The lowest BCUT2D eigenvalue weighted by atomic mass is 9.55. The van der Waals surface area contributed by atoms with E-state index in [-0.39, 0.29) is 62.0 Å². The zero-order valence-electron chi connectivity index (χ0n) is 37.0. The summed E-state index contributed by atoms with van der Waals surface area (Å²) in [5.41, 5.74) is 4.05. The van der Waals surface area contributed by atoms with Crippen molar-refractivity contribution < 1.29 is 43.7 Å². The van der Waals surface area contributed by atoms with E-state index in [1.807, 2.05) is 58.0 Å². The number of nitrogens with zero attached hydrogens (tertiary/aromatic N) is 3. The number of hydrogen-bond donors (Lipinski definition) is 2. The van der Waals surface area contributed by atoms with E-state index < -0.39 is 34.4 Å². The van der Waals surface area contributed by atoms with Gasteiger partial charge in [0.15, 0.2) is 0 Å². The van der Waals surface area contributed by atoms with E-state index in [0.29, 0.717) is 42.2 Å². The van der Waals surface area contributed by atoms with Crippen LogP contribution in [0.4, 0.5) is 10.5 Å². The maximum Gasteiger partial charge on any atom is 0.415 e. The molecule has 3 aromatic carbocycles. The summed E-state index contributed by atoms with van der Waals surface area (Å²) in [6.45, 7) is 16.4. The number of aliphatic hydroxyl groups excluding tert-OH is 2. The van der Waals surface area contributed by atoms with Gasteiger partial charge in [-0.1, -0.05) is 43.1 Å². The third kappa shape index (κ3) is 10.3. The third-order valence-electron chi connectivity index (χ3n) is 12.1. The minimum absolute atomic E-state index is 0.0236. The third-order valence-corrected chi connectivity index (χ3v) is 12.1. The van der Waals surface area contributed by atoms with Crippen molar-refractivity contribution in [2.24, 2.45) is 22.9 Å². The lowest BCUT2D eigenvalue weighted by Gasteiger charge is -2.60. The minimum atomic E-state index is -1.48. The monoisotopic (exact) mass is 853 g/mol. The van der Waals surface area contributed by atoms with Crippen LogP contribution in [-0.4, -0.2) is 75.6 Å². The molecule has 13 heteroatoms. The number of carbonyl (C=O) groups is 1. The lowest BCUT2D eigenvalue weighted by Crippen LogP contribution is -2.70. The van der Waals surface area contributed by atoms with Crippen molar-refractivity contribution in [3.63, 3.8) is 0 Å². The number of aliphatic hydroxyl groups is 2. The van der Waals surface area contributed by atoms with E-state index in [0.717, 1.165) is 42.4 Å². The van der Waals surface area contributed by atoms with Crippen LogP contribution in [0.5, 0.6) is 23.0 Å². The van der Waals surface area contributed by atoms with Crippen LogP contribution in [0.15, 0.2) is 90.1 Å². The number of nitro groups is 1. The normalized spacial score (nSPS) is 23.3. The molecule has 2 aliphatic carbocycles. The van der Waals surface area contributed by atoms with Gasteiger partial charge in [-0.05, 0) is 138 Å². The predicted molar refractivity (Wildman–Crippen MR) is 238 cm³/mol. The van der Waals surface area contributed by atoms with Gasteiger partial charge < -0.3 is 34.0 Å². The van der Waals surface area contributed by atoms with Crippen LogP contribution in [-0.2, 0) is 9.57 Å². The van der Waals surface area contributed by atoms with Crippen molar-refractivity contribution in [3.05, 3.63) is 112 Å². The summed E-state index contributed by atoms with van der Waals surface area (Å²) in [5.74, 6) is -0.0591. The molecule has 0 radical (unpaired) electrons. The zero-order valence-corrected chi connectivity index (χ0v) is 37.0. The summed E-state index contributed by atoms with van der Waals surface area (Å²) in [7, 11) is 0. The van der Waals surface area contributed by atoms with Gasteiger partial charge in [-0.2, -0.15) is 0 Å². The molecule has 1 fully saturated rings. The smallest absolute Gasteiger partial charge is 0.415 e. The number of nitro benzene ring substituents is 1. The molecule has 1 amide bonds. The van der Waals surface area contributed by atoms with Crippen LogP contribution in [0, 0.1) is 41.7 Å². The number of allylic oxidation sites excluding steroid dienone is 1. The van der Waals surface area contributed by atoms with Gasteiger partial charge in [-0.25, -0.2) is 4.79 Å². The number of rotatable bonds is 19. The highest BCUT2D eigenvalue weighted by atomic mass is 16.7. The highest BCUT2D eigenvalue weighted by Gasteiger charge is 2.65. The van der Waals surface area contributed by atoms with Gasteiger partial charge in [0.1, 0.15) is 34.6 Å². The summed E-state index contributed by atoms with van der Waals surface area (Å²) in [4.78, 5) is 33.4. The van der Waals surface area contributed by atoms with Gasteiger partial charge >= 0.3 is 6.09 Å². The largest absolute Gasteiger partial charge is 0.459 e. The minimum Gasteiger partial charge on any atom is -0.459 e. The molecule has 0 spiro atoms. The van der Waals surface area contributed by atoms with E-state index >= 15 is 0 Å². The van der Waals surface area contributed by atoms with Crippen LogP contribution >= 0.6 is 0 Å². The first-order valence-electron chi connectivity index (χ1n) is 22.0. The molecule has 3 aliphatic rings. The maximum atomic E-state index is 14.6. The van der Waals surface area contributed by atoms with Crippen molar-refractivity contribution >= 4 is 17.5 Å². The Balaban J connectivity index is 1.58. The average molecular weight is 854 g/mol. The van der Waals surface area contributed by atoms with E-state index in [4.69, 9.17) is 28.9 Å². The van der Waals surface area contributed by atoms with E-state index in [1.165, 1.54) is 29.8 Å². The van der Waals surface area contributed by atoms with Crippen LogP contribution < -0.4 is 14.2 Å². The van der Waals surface area contributed by atoms with Gasteiger partial charge in [0, 0.05) is 49.8 Å². The van der Waals surface area contributed by atoms with Gasteiger partial charge in [0.2, 0.25) is 5.79 Å². The fourth-order valence-electron chi connectivity index (χ4n) is 9.23. The fraction of sp³-hybridized carbons (Fsp3) is 0.510. The van der Waals surface area contributed by atoms with Crippen molar-refractivity contribution in [1.82, 2.24) is 4.90 Å². The van der Waals surface area contributed by atoms with E-state index in [1.54, 1.807) is 11.0 Å². The molecule has 0 saturated heterocycles. The summed E-state index contributed by atoms with van der Waals surface area (Å²) in [6.07, 6.45) is 8.55. The van der Waals surface area contributed by atoms with Crippen LogP contribution in [0.1, 0.15) is 102 Å². The number of hydrogen-bond acceptors (Lipinski definition) is 11. The topological polar surface area (TPSA) is 162 Å². The SMILES string of the molecule is C=CCOC12Oc3ccc(Oc4ccc(C)c(C)c4)cc3C3C(CCCCO)C(CCCCO)C=C(C(=NOC(C)(C)C)CC1N(CCC)C(=O)Oc1ccc([N+](=O)[O-])cc1)C32. The molecule has 3 aromatic rings. The summed E-state index contributed by atoms with van der Waals surface area (Å²) in [5, 5.41) is 36.2. The van der Waals surface area contributed by atoms with Gasteiger partial charge in [-0.3, -0.25) is 15.0 Å². The molecular weight excluding hydrogens is 791 g/mol. The number of non-ortho nitro benzene ring substituents is 1. The second-order valence-electron chi connectivity index (χ2n) is 17.6. The second kappa shape index (κ2) is 20.3. The van der Waals surface area contributed by atoms with Crippen molar-refractivity contribution in [2.75, 3.05) is 26.4 Å². The standard InChI is InChI=1S/C49H63N3O10/c1-8-24-51(47(55)60-36-20-17-35(18-21-36)52(56)57)44-31-42(50-62-48(5,6)7)40-29-34(14-10-12-25-53)39(15-11-13-26-54)45-41-30-38(59-37-19-16-32(3)33(4)28-37)22-23-43(41)61-49(44,46(40)45)58-27-9-2/h9,16-23,28-30,34,39,44-46,53-54H,2,8,10-15,24-27,31H2,1,3-7H3. The highest BCUT2D eigenvalue weighted by Crippen LogP contribution is 2.62. The number of carbonyl (C=O) groups excluding carboxylic acids is 1. The maximum absolute atomic E-state index is 14.6. The van der Waals surface area contributed by atoms with Gasteiger partial charge in [0.25, 0.3) is 5.69 Å². The number of fused-ring (bicyclic) bond motifs is 2. The first kappa shape index (κ1) is 46.3. The molecule has 1 saturated carbocycles. The Morgan fingerprint density at radius 1 is 0.984 bits per heavy atom. The van der Waals surface area contributed by atoms with Gasteiger partial charge in [-0.15, -0.1) is 6.58 Å². The molecule has 6 unspecified atom stereocenters. The number of unbranched alkanes of at least 4 members (excludes halogenated alkanes) is 2. The Kier molecular flexibility index (Phi) is 15.1. The molecular formula is C49H63N3O10. The molecule has 1 aliphatic heterocycles. The molecule has 0 aromatic heterocycles. The molecule has 0 bridgehead atoms. The average Bonchev–Trinajstić information content (AvgIpc) is 3.24. The first-order chi connectivity index (χ1) is 29.7. The Hall–Kier alpha value is -5.24. The fourth-order valence-corrected chi connectivity index (χ4v) is 9.23. The summed E-state index contributed by atoms with van der Waals surface area (Å²) >= 11 is 0. The molecule has 1 heterocycles. The molecule has 2 N–H and O–H groups in total. The van der Waals surface area contributed by atoms with E-state index in [2.05, 4.69) is 32.6 Å². The number of aryl methyl sites for hydroxylation is 2. The highest BCUT2D eigenvalue weighted by molar-refractivity contribution is 6.03. The van der Waals surface area contributed by atoms with Gasteiger partial charge in [0.05, 0.1) is 23.2 Å². The lowest BCUT2D eigenvalue weighted by molar-refractivity contribution is -0.384. The molecule has 334 valence electrons. The number of benzene rings is 3. The van der Waals surface area contributed by atoms with Crippen molar-refractivity contribution in [1.29, 1.82) is 0 Å². The molecule has 62 heavy (non-hydrogen) atoms. The van der Waals surface area contributed by atoms with Crippen LogP contribution in [0.2, 0.25) is 0 Å². The molecule has 6 rings (SSSR count). The Labute approximate surface area is 365 Å². The molecule has 6 atom stereocenters. The number of amides is 1. The van der Waals surface area contributed by atoms with Crippen LogP contribution in [0.3, 0.4) is 0 Å². The van der Waals surface area contributed by atoms with Crippen molar-refractivity contribution in [2.45, 2.75) is 116 Å². The zero-order chi connectivity index (χ0) is 44.6. The number of ether oxygens (including phenoxy) is 4. The number of oxime groups is 1. The first-order valence-corrected chi connectivity index (χ1v) is 22.0. The predicted octanol–water partition coefficient (Wildman–Crippen LogP) is 10.3. The second-order valence-corrected chi connectivity index (χ2v) is 17.6. The van der Waals surface area contributed by atoms with Crippen LogP contribution in [0.25, 0.3) is 0 Å². The summed E-state index contributed by atoms with van der Waals surface area (Å²) < 4.78 is 26.9. The quantitative estimate of drug-likeness (QED) is 0.0514. The summed E-state index contributed by atoms with van der Waals surface area (Å²) in [6, 6.07) is 16.5. The Bertz CT molecular complexity index is 2110. The van der Waals surface area contributed by atoms with Crippen molar-refractivity contribution in [3.8, 4) is 23.0 Å². The van der Waals surface area contributed by atoms with E-state index in [9.17, 15) is 25.1 Å². The Morgan fingerprint density at radius 2 is 1.66 bits per heavy atom. The molecule has 13 nitrogen and oxygen atoms in total. The Morgan fingerprint density at radius 3 is 2.31 bits per heavy atom.